The van der Waals surface area contributed by atoms with Gasteiger partial charge < -0.3 is 15.0 Å². The Hall–Kier alpha value is -2.91. The molecule has 0 saturated carbocycles. The first-order valence-corrected chi connectivity index (χ1v) is 12.8. The van der Waals surface area contributed by atoms with Gasteiger partial charge in [-0.05, 0) is 74.6 Å². The number of hydrogen-bond acceptors (Lipinski definition) is 5. The minimum absolute atomic E-state index is 0.154. The van der Waals surface area contributed by atoms with Crippen LogP contribution in [0.3, 0.4) is 0 Å². The summed E-state index contributed by atoms with van der Waals surface area (Å²) in [5, 5.41) is 2.56. The molecule has 0 bridgehead atoms. The van der Waals surface area contributed by atoms with Gasteiger partial charge in [0.05, 0.1) is 11.4 Å². The molecule has 1 heterocycles. The van der Waals surface area contributed by atoms with Crippen molar-refractivity contribution < 1.29 is 22.7 Å². The van der Waals surface area contributed by atoms with Gasteiger partial charge in [0.2, 0.25) is 15.9 Å². The molecule has 0 atom stereocenters. The molecule has 3 rings (SSSR count). The zero-order valence-corrected chi connectivity index (χ0v) is 21.3. The van der Waals surface area contributed by atoms with Gasteiger partial charge in [0.15, 0.2) is 6.61 Å². The zero-order valence-electron chi connectivity index (χ0n) is 20.5. The minimum Gasteiger partial charge on any atom is -0.484 e. The molecular weight excluding hydrogens is 454 g/mol. The molecule has 2 amide bonds. The monoisotopic (exact) mass is 487 g/mol. The van der Waals surface area contributed by atoms with Gasteiger partial charge in [-0.25, -0.2) is 8.42 Å². The highest BCUT2D eigenvalue weighted by atomic mass is 32.2. The molecule has 0 aliphatic carbocycles. The number of nitrogens with one attached hydrogen (secondary N) is 1. The molecule has 184 valence electrons. The van der Waals surface area contributed by atoms with Crippen LogP contribution in [0.1, 0.15) is 27.8 Å². The number of sulfonamides is 1. The Morgan fingerprint density at radius 3 is 1.94 bits per heavy atom. The second-order valence-corrected chi connectivity index (χ2v) is 10.5. The maximum Gasteiger partial charge on any atom is 0.258 e. The number of carbonyl (C=O) groups excluding carboxylic acids is 2. The van der Waals surface area contributed by atoms with E-state index in [0.717, 1.165) is 27.8 Å². The minimum atomic E-state index is -3.68. The van der Waals surface area contributed by atoms with Crippen molar-refractivity contribution in [3.8, 4) is 5.75 Å². The van der Waals surface area contributed by atoms with E-state index in [-0.39, 0.29) is 45.2 Å². The number of piperazine rings is 1. The van der Waals surface area contributed by atoms with Crippen LogP contribution in [0.15, 0.2) is 35.2 Å². The number of ether oxygens (including phenoxy) is 1. The number of carbonyl (C=O) groups is 2. The molecule has 2 aromatic carbocycles. The topological polar surface area (TPSA) is 96.0 Å². The molecular formula is C25H33N3O5S. The summed E-state index contributed by atoms with van der Waals surface area (Å²) >= 11 is 0. The van der Waals surface area contributed by atoms with Crippen LogP contribution in [-0.4, -0.2) is 68.8 Å². The van der Waals surface area contributed by atoms with Gasteiger partial charge in [-0.1, -0.05) is 18.2 Å². The van der Waals surface area contributed by atoms with E-state index in [2.05, 4.69) is 5.32 Å². The molecule has 1 aliphatic heterocycles. The standard InChI is InChI=1S/C25H33N3O5S/c1-17-18(2)20(4)25(21(5)19(17)3)34(31,32)28-13-11-27(12-14-28)24(30)15-26-23(29)16-33-22-9-7-6-8-10-22/h6-10H,11-16H2,1-5H3,(H,26,29). The van der Waals surface area contributed by atoms with Gasteiger partial charge in [0.25, 0.3) is 5.91 Å². The Kier molecular flexibility index (Phi) is 7.99. The third kappa shape index (κ3) is 5.42. The molecule has 0 spiro atoms. The fourth-order valence-corrected chi connectivity index (χ4v) is 6.14. The van der Waals surface area contributed by atoms with Crippen molar-refractivity contribution in [2.24, 2.45) is 0 Å². The highest BCUT2D eigenvalue weighted by Gasteiger charge is 2.33. The second-order valence-electron chi connectivity index (χ2n) is 8.62. The summed E-state index contributed by atoms with van der Waals surface area (Å²) < 4.78 is 33.8. The lowest BCUT2D eigenvalue weighted by Gasteiger charge is -2.35. The third-order valence-electron chi connectivity index (χ3n) is 6.67. The van der Waals surface area contributed by atoms with E-state index in [1.165, 1.54) is 4.31 Å². The van der Waals surface area contributed by atoms with Crippen molar-refractivity contribution in [1.82, 2.24) is 14.5 Å². The summed E-state index contributed by atoms with van der Waals surface area (Å²) in [4.78, 5) is 26.5. The van der Waals surface area contributed by atoms with Gasteiger partial charge in [-0.3, -0.25) is 9.59 Å². The van der Waals surface area contributed by atoms with Crippen molar-refractivity contribution in [3.63, 3.8) is 0 Å². The maximum atomic E-state index is 13.5. The first kappa shape index (κ1) is 25.7. The summed E-state index contributed by atoms with van der Waals surface area (Å²) in [5.74, 6) is -0.0697. The van der Waals surface area contributed by atoms with Crippen molar-refractivity contribution in [2.75, 3.05) is 39.3 Å². The molecule has 1 saturated heterocycles. The molecule has 0 unspecified atom stereocenters. The van der Waals surface area contributed by atoms with Crippen molar-refractivity contribution in [2.45, 2.75) is 39.5 Å². The zero-order chi connectivity index (χ0) is 25.0. The molecule has 8 nitrogen and oxygen atoms in total. The first-order chi connectivity index (χ1) is 16.0. The number of para-hydroxylation sites is 1. The Labute approximate surface area is 201 Å². The lowest BCUT2D eigenvalue weighted by Crippen LogP contribution is -2.52. The molecule has 1 fully saturated rings. The van der Waals surface area contributed by atoms with E-state index in [9.17, 15) is 18.0 Å². The Morgan fingerprint density at radius 1 is 0.853 bits per heavy atom. The van der Waals surface area contributed by atoms with Gasteiger partial charge in [-0.2, -0.15) is 4.31 Å². The molecule has 1 aliphatic rings. The number of hydrogen-bond donors (Lipinski definition) is 1. The summed E-state index contributed by atoms with van der Waals surface area (Å²) in [6.07, 6.45) is 0. The lowest BCUT2D eigenvalue weighted by atomic mass is 9.95. The van der Waals surface area contributed by atoms with Crippen LogP contribution in [-0.2, 0) is 19.6 Å². The summed E-state index contributed by atoms with van der Waals surface area (Å²) in [6, 6.07) is 8.95. The van der Waals surface area contributed by atoms with Crippen molar-refractivity contribution in [1.29, 1.82) is 0 Å². The van der Waals surface area contributed by atoms with Crippen LogP contribution in [0.5, 0.6) is 5.75 Å². The van der Waals surface area contributed by atoms with Gasteiger partial charge in [0.1, 0.15) is 5.75 Å². The summed E-state index contributed by atoms with van der Waals surface area (Å²) in [7, 11) is -3.68. The SMILES string of the molecule is Cc1c(C)c(C)c(S(=O)(=O)N2CCN(C(=O)CNC(=O)COc3ccccc3)CC2)c(C)c1C. The molecule has 9 heteroatoms. The average molecular weight is 488 g/mol. The first-order valence-electron chi connectivity index (χ1n) is 11.3. The third-order valence-corrected chi connectivity index (χ3v) is 8.84. The molecule has 34 heavy (non-hydrogen) atoms. The van der Waals surface area contributed by atoms with E-state index in [0.29, 0.717) is 10.6 Å². The fourth-order valence-electron chi connectivity index (χ4n) is 4.16. The van der Waals surface area contributed by atoms with Crippen LogP contribution >= 0.6 is 0 Å². The summed E-state index contributed by atoms with van der Waals surface area (Å²) in [5.41, 5.74) is 4.64. The predicted molar refractivity (Wildman–Crippen MR) is 130 cm³/mol. The normalized spacial score (nSPS) is 14.7. The highest BCUT2D eigenvalue weighted by molar-refractivity contribution is 7.89. The fraction of sp³-hybridized carbons (Fsp3) is 0.440. The Bertz CT molecular complexity index is 1140. The maximum absolute atomic E-state index is 13.5. The van der Waals surface area contributed by atoms with Crippen molar-refractivity contribution >= 4 is 21.8 Å². The largest absolute Gasteiger partial charge is 0.484 e. The average Bonchev–Trinajstić information content (AvgIpc) is 2.84. The van der Waals surface area contributed by atoms with Gasteiger partial charge >= 0.3 is 0 Å². The summed E-state index contributed by atoms with van der Waals surface area (Å²) in [6.45, 7) is 10.3. The van der Waals surface area contributed by atoms with Crippen LogP contribution in [0, 0.1) is 34.6 Å². The van der Waals surface area contributed by atoms with E-state index >= 15 is 0 Å². The van der Waals surface area contributed by atoms with Gasteiger partial charge in [0, 0.05) is 26.2 Å². The Balaban J connectivity index is 1.55. The van der Waals surface area contributed by atoms with E-state index in [1.54, 1.807) is 29.2 Å². The predicted octanol–water partition coefficient (Wildman–Crippen LogP) is 2.26. The van der Waals surface area contributed by atoms with Crippen LogP contribution in [0.2, 0.25) is 0 Å². The van der Waals surface area contributed by atoms with Gasteiger partial charge in [-0.15, -0.1) is 0 Å². The van der Waals surface area contributed by atoms with Crippen LogP contribution in [0.25, 0.3) is 0 Å². The van der Waals surface area contributed by atoms with Crippen LogP contribution in [0.4, 0.5) is 0 Å². The smallest absolute Gasteiger partial charge is 0.258 e. The number of amides is 2. The highest BCUT2D eigenvalue weighted by Crippen LogP contribution is 2.31. The lowest BCUT2D eigenvalue weighted by molar-refractivity contribution is -0.134. The van der Waals surface area contributed by atoms with E-state index in [4.69, 9.17) is 4.74 Å². The van der Waals surface area contributed by atoms with E-state index in [1.807, 2.05) is 40.7 Å². The van der Waals surface area contributed by atoms with Crippen LogP contribution < -0.4 is 10.1 Å². The number of benzene rings is 2. The van der Waals surface area contributed by atoms with Crippen molar-refractivity contribution in [3.05, 3.63) is 58.1 Å². The quantitative estimate of drug-likeness (QED) is 0.646. The molecule has 0 radical (unpaired) electrons. The number of nitrogens with zero attached hydrogens (tertiary/aromatic N) is 2. The number of rotatable bonds is 7. The van der Waals surface area contributed by atoms with E-state index < -0.39 is 15.9 Å². The molecule has 0 aromatic heterocycles. The Morgan fingerprint density at radius 2 is 1.38 bits per heavy atom. The second kappa shape index (κ2) is 10.6. The molecule has 2 aromatic rings. The molecule has 1 N–H and O–H groups in total.